The van der Waals surface area contributed by atoms with Crippen LogP contribution in [-0.4, -0.2) is 85.9 Å². The number of hydrogen-bond donors (Lipinski definition) is 4. The fraction of sp³-hybridized carbons (Fsp3) is 0.524. The molecule has 0 saturated carbocycles. The Hall–Kier alpha value is -2.65. The number of amides is 3. The highest BCUT2D eigenvalue weighted by atomic mass is 27.0. The molecular weight excluding hydrogens is 443 g/mol. The number of benzene rings is 1. The van der Waals surface area contributed by atoms with Gasteiger partial charge in [-0.15, -0.1) is 0 Å². The monoisotopic (exact) mass is 478 g/mol. The van der Waals surface area contributed by atoms with Crippen molar-refractivity contribution in [2.24, 2.45) is 16.5 Å². The van der Waals surface area contributed by atoms with Gasteiger partial charge >= 0.3 is 0 Å². The van der Waals surface area contributed by atoms with Crippen molar-refractivity contribution in [3.8, 4) is 0 Å². The Morgan fingerprint density at radius 1 is 1.18 bits per heavy atom. The minimum Gasteiger partial charge on any atom is -0.412 e. The summed E-state index contributed by atoms with van der Waals surface area (Å²) >= 11 is 2.60. The van der Waals surface area contributed by atoms with Gasteiger partial charge in [-0.1, -0.05) is 30.3 Å². The van der Waals surface area contributed by atoms with Crippen LogP contribution in [0.3, 0.4) is 0 Å². The van der Waals surface area contributed by atoms with Crippen molar-refractivity contribution in [3.05, 3.63) is 35.9 Å². The minimum absolute atomic E-state index is 0. The molecule has 0 bridgehead atoms. The lowest BCUT2D eigenvalue weighted by molar-refractivity contribution is -0.141. The normalized spacial score (nSPS) is 16.4. The molecule has 182 valence electrons. The Morgan fingerprint density at radius 2 is 1.85 bits per heavy atom. The molecule has 1 aromatic rings. The van der Waals surface area contributed by atoms with Crippen LogP contribution in [0.15, 0.2) is 35.3 Å². The van der Waals surface area contributed by atoms with Gasteiger partial charge in [0.1, 0.15) is 12.1 Å². The van der Waals surface area contributed by atoms with Gasteiger partial charge in [-0.25, -0.2) is 0 Å². The van der Waals surface area contributed by atoms with Crippen molar-refractivity contribution in [2.75, 3.05) is 13.1 Å². The third-order valence-electron chi connectivity index (χ3n) is 5.09. The standard InChI is InChI=1S/C21H31N6O3.Al.2H2O/c1-15(28)26-17(14-16-8-3-2-4-9-16)20(30)27-13-7-10-18(27)19(29)24-11-5-6-12-25-21(22)23;;;/h2-4,8-9,11,17-18H,5-7,10,12-14H2,1H3,(H,24,29)(H,26,28)(H4,22,23,25);;2*1H2/t17-,18+;;;/m1.../s1. The van der Waals surface area contributed by atoms with Crippen LogP contribution in [-0.2, 0) is 20.8 Å². The van der Waals surface area contributed by atoms with Gasteiger partial charge < -0.3 is 38.0 Å². The van der Waals surface area contributed by atoms with Gasteiger partial charge in [0.05, 0.1) is 0 Å². The van der Waals surface area contributed by atoms with Crippen LogP contribution in [0.1, 0.15) is 38.2 Å². The predicted molar refractivity (Wildman–Crippen MR) is 127 cm³/mol. The van der Waals surface area contributed by atoms with Crippen LogP contribution < -0.4 is 22.1 Å². The van der Waals surface area contributed by atoms with Crippen molar-refractivity contribution in [1.29, 1.82) is 0 Å². The number of rotatable bonds is 10. The Balaban J connectivity index is 0.00000512. The summed E-state index contributed by atoms with van der Waals surface area (Å²) in [5.74, 6) is -0.646. The van der Waals surface area contributed by atoms with E-state index >= 15 is 0 Å². The summed E-state index contributed by atoms with van der Waals surface area (Å²) in [6, 6.07) is 8.26. The predicted octanol–water partition coefficient (Wildman–Crippen LogP) is -2.26. The molecule has 2 radical (unpaired) electrons. The zero-order valence-corrected chi connectivity index (χ0v) is 20.1. The Labute approximate surface area is 202 Å². The van der Waals surface area contributed by atoms with Crippen LogP contribution in [0, 0.1) is 0 Å². The first-order valence-electron chi connectivity index (χ1n) is 10.5. The largest absolute Gasteiger partial charge is 0.412 e. The number of nitrogens with two attached hydrogens (primary N) is 2. The number of hydrogen-bond acceptors (Lipinski definition) is 4. The summed E-state index contributed by atoms with van der Waals surface area (Å²) in [5, 5.41) is 5.71. The third-order valence-corrected chi connectivity index (χ3v) is 5.59. The fourth-order valence-corrected chi connectivity index (χ4v) is 4.07. The van der Waals surface area contributed by atoms with Gasteiger partial charge in [0.2, 0.25) is 17.7 Å². The van der Waals surface area contributed by atoms with Crippen LogP contribution in [0.5, 0.6) is 0 Å². The smallest absolute Gasteiger partial charge is 0.246 e. The number of guanidine groups is 1. The maximum absolute atomic E-state index is 13.2. The average Bonchev–Trinajstić information content (AvgIpc) is 3.20. The molecule has 3 atom stereocenters. The molecule has 0 aliphatic carbocycles. The molecule has 3 amide bonds. The molecule has 10 N–H and O–H groups in total. The first-order chi connectivity index (χ1) is 14.8. The molecule has 2 rings (SSSR count). The molecule has 0 spiro atoms. The number of nitrogens with one attached hydrogen (secondary N) is 2. The third kappa shape index (κ3) is 10.2. The van der Waals surface area contributed by atoms with Crippen LogP contribution >= 0.6 is 0 Å². The summed E-state index contributed by atoms with van der Waals surface area (Å²) in [4.78, 5) is 43.2. The van der Waals surface area contributed by atoms with E-state index in [1.807, 2.05) is 30.3 Å². The summed E-state index contributed by atoms with van der Waals surface area (Å²) < 4.78 is 0. The Kier molecular flexibility index (Phi) is 14.0. The van der Waals surface area contributed by atoms with Crippen molar-refractivity contribution in [1.82, 2.24) is 15.5 Å². The molecule has 1 saturated heterocycles. The number of nitrogens with zero attached hydrogens (tertiary/aromatic N) is 2. The van der Waals surface area contributed by atoms with Crippen LogP contribution in [0.4, 0.5) is 0 Å². The quantitative estimate of drug-likeness (QED) is 0.127. The molecule has 11 nitrogen and oxygen atoms in total. The topological polar surface area (TPSA) is 206 Å². The summed E-state index contributed by atoms with van der Waals surface area (Å²) in [7, 11) is 0. The highest BCUT2D eigenvalue weighted by Gasteiger charge is 2.37. The second-order valence-electron chi connectivity index (χ2n) is 7.70. The lowest BCUT2D eigenvalue weighted by Crippen LogP contribution is -2.55. The lowest BCUT2D eigenvalue weighted by atomic mass is 10.0. The zero-order chi connectivity index (χ0) is 22.8. The molecule has 0 unspecified atom stereocenters. The number of likely N-dealkylation sites (tertiary alicyclic amines) is 1. The second-order valence-corrected chi connectivity index (χ2v) is 8.50. The first kappa shape index (κ1) is 30.4. The molecule has 1 aromatic carbocycles. The number of carbonyl (C=O) groups is 3. The molecule has 1 heterocycles. The van der Waals surface area contributed by atoms with Gasteiger partial charge in [0.15, 0.2) is 22.2 Å². The van der Waals surface area contributed by atoms with E-state index in [2.05, 4.69) is 31.9 Å². The fourth-order valence-electron chi connectivity index (χ4n) is 3.67. The van der Waals surface area contributed by atoms with Gasteiger partial charge in [-0.05, 0) is 36.2 Å². The highest BCUT2D eigenvalue weighted by molar-refractivity contribution is 6.13. The maximum atomic E-state index is 13.2. The second kappa shape index (κ2) is 15.2. The van der Waals surface area contributed by atoms with E-state index in [4.69, 9.17) is 11.5 Å². The minimum atomic E-state index is -0.709. The number of aliphatic imine (C=N–C) groups is 1. The van der Waals surface area contributed by atoms with E-state index in [9.17, 15) is 14.4 Å². The van der Waals surface area contributed by atoms with Crippen molar-refractivity contribution < 1.29 is 25.3 Å². The molecule has 1 aliphatic rings. The Morgan fingerprint density at radius 3 is 2.45 bits per heavy atom. The van der Waals surface area contributed by atoms with Gasteiger partial charge in [-0.2, -0.15) is 0 Å². The van der Waals surface area contributed by atoms with Crippen molar-refractivity contribution in [2.45, 2.75) is 56.0 Å². The van der Waals surface area contributed by atoms with E-state index in [1.54, 1.807) is 4.90 Å². The summed E-state index contributed by atoms with van der Waals surface area (Å²) in [6.45, 7) is 2.38. The zero-order valence-electron chi connectivity index (χ0n) is 18.9. The molecule has 0 aromatic heterocycles. The molecule has 1 fully saturated rings. The first-order valence-corrected chi connectivity index (χ1v) is 11.2. The van der Waals surface area contributed by atoms with Gasteiger partial charge in [0, 0.05) is 26.4 Å². The van der Waals surface area contributed by atoms with E-state index in [1.165, 1.54) is 6.92 Å². The van der Waals surface area contributed by atoms with Gasteiger partial charge in [-0.3, -0.25) is 19.4 Å². The summed E-state index contributed by atoms with van der Waals surface area (Å²) in [5.41, 5.74) is 11.6. The summed E-state index contributed by atoms with van der Waals surface area (Å²) in [6.07, 6.45) is 3.13. The lowest BCUT2D eigenvalue weighted by Gasteiger charge is -2.29. The maximum Gasteiger partial charge on any atom is 0.246 e. The Bertz CT molecular complexity index is 791. The highest BCUT2D eigenvalue weighted by Crippen LogP contribution is 2.20. The average molecular weight is 479 g/mol. The van der Waals surface area contributed by atoms with E-state index in [0.717, 1.165) is 18.4 Å². The van der Waals surface area contributed by atoms with Gasteiger partial charge in [0.25, 0.3) is 0 Å². The SMILES string of the molecule is CC(=O)N[C@H](Cc1ccccc1)C(=O)N1CCC[C@H]1C(=O)N[C@H]([Al])CCCN=C(N)N.O.O. The van der Waals surface area contributed by atoms with Crippen LogP contribution in [0.2, 0.25) is 0 Å². The molecule has 12 heteroatoms. The van der Waals surface area contributed by atoms with E-state index < -0.39 is 12.1 Å². The molecule has 1 aliphatic heterocycles. The van der Waals surface area contributed by atoms with E-state index in [0.29, 0.717) is 32.4 Å². The van der Waals surface area contributed by atoms with Crippen LogP contribution in [0.25, 0.3) is 0 Å². The van der Waals surface area contributed by atoms with Crippen molar-refractivity contribution in [3.63, 3.8) is 0 Å². The van der Waals surface area contributed by atoms with Crippen molar-refractivity contribution >= 4 is 40.0 Å². The van der Waals surface area contributed by atoms with E-state index in [-0.39, 0.29) is 39.5 Å². The molecule has 33 heavy (non-hydrogen) atoms. The number of carbonyl (C=O) groups excluding carboxylic acids is 3. The molecular formula is C21H35AlN6O5.